The average Bonchev–Trinajstić information content (AvgIpc) is 2.47. The molecular weight excluding hydrogens is 226 g/mol. The Morgan fingerprint density at radius 1 is 1.17 bits per heavy atom. The summed E-state index contributed by atoms with van der Waals surface area (Å²) in [7, 11) is 1.69. The summed E-state index contributed by atoms with van der Waals surface area (Å²) in [4.78, 5) is 0. The maximum Gasteiger partial charge on any atom is 0.119 e. The number of benzene rings is 2. The second-order valence-electron chi connectivity index (χ2n) is 4.55. The van der Waals surface area contributed by atoms with Gasteiger partial charge in [-0.3, -0.25) is 0 Å². The first-order valence-corrected chi connectivity index (χ1v) is 6.25. The number of fused-ring (bicyclic) bond motifs is 1. The standard InChI is InChI=1S/C15H17NO2/c1-17-14-5-4-11-8-13(3-2-12(11)9-14)15-10-18-7-6-16-15/h2-5,8-9,15-16H,6-7,10H2,1H3/t15-/m0/s1. The van der Waals surface area contributed by atoms with Crippen LogP contribution in [0, 0.1) is 0 Å². The normalized spacial score (nSPS) is 19.9. The van der Waals surface area contributed by atoms with Gasteiger partial charge in [-0.1, -0.05) is 18.2 Å². The van der Waals surface area contributed by atoms with Crippen molar-refractivity contribution in [2.24, 2.45) is 0 Å². The lowest BCUT2D eigenvalue weighted by Gasteiger charge is -2.24. The topological polar surface area (TPSA) is 30.5 Å². The molecule has 0 aromatic heterocycles. The largest absolute Gasteiger partial charge is 0.497 e. The van der Waals surface area contributed by atoms with E-state index in [2.05, 4.69) is 35.6 Å². The lowest BCUT2D eigenvalue weighted by atomic mass is 10.0. The van der Waals surface area contributed by atoms with Crippen LogP contribution < -0.4 is 10.1 Å². The molecule has 1 aliphatic heterocycles. The molecule has 94 valence electrons. The molecule has 3 nitrogen and oxygen atoms in total. The fourth-order valence-corrected chi connectivity index (χ4v) is 2.37. The summed E-state index contributed by atoms with van der Waals surface area (Å²) in [5.74, 6) is 0.898. The van der Waals surface area contributed by atoms with E-state index in [0.29, 0.717) is 6.04 Å². The molecule has 0 saturated carbocycles. The van der Waals surface area contributed by atoms with E-state index in [1.54, 1.807) is 7.11 Å². The number of methoxy groups -OCH3 is 1. The van der Waals surface area contributed by atoms with E-state index in [1.807, 2.05) is 6.07 Å². The van der Waals surface area contributed by atoms with Gasteiger partial charge in [0.2, 0.25) is 0 Å². The Kier molecular flexibility index (Phi) is 3.17. The average molecular weight is 243 g/mol. The summed E-state index contributed by atoms with van der Waals surface area (Å²) in [6.07, 6.45) is 0. The molecule has 3 heteroatoms. The van der Waals surface area contributed by atoms with Crippen LogP contribution in [-0.4, -0.2) is 26.9 Å². The highest BCUT2D eigenvalue weighted by molar-refractivity contribution is 5.84. The first-order chi connectivity index (χ1) is 8.86. The van der Waals surface area contributed by atoms with E-state index < -0.39 is 0 Å². The third kappa shape index (κ3) is 2.19. The number of hydrogen-bond acceptors (Lipinski definition) is 3. The van der Waals surface area contributed by atoms with Crippen LogP contribution in [0.4, 0.5) is 0 Å². The summed E-state index contributed by atoms with van der Waals surface area (Å²) < 4.78 is 10.7. The van der Waals surface area contributed by atoms with E-state index in [4.69, 9.17) is 9.47 Å². The molecular formula is C15H17NO2. The lowest BCUT2D eigenvalue weighted by Crippen LogP contribution is -2.34. The van der Waals surface area contributed by atoms with Crippen LogP contribution in [0.1, 0.15) is 11.6 Å². The van der Waals surface area contributed by atoms with Crippen molar-refractivity contribution < 1.29 is 9.47 Å². The van der Waals surface area contributed by atoms with Gasteiger partial charge in [-0.05, 0) is 34.5 Å². The maximum absolute atomic E-state index is 5.50. The van der Waals surface area contributed by atoms with Gasteiger partial charge in [-0.25, -0.2) is 0 Å². The van der Waals surface area contributed by atoms with Gasteiger partial charge in [0.15, 0.2) is 0 Å². The van der Waals surface area contributed by atoms with Crippen LogP contribution in [0.5, 0.6) is 5.75 Å². The molecule has 0 bridgehead atoms. The quantitative estimate of drug-likeness (QED) is 0.879. The van der Waals surface area contributed by atoms with E-state index in [1.165, 1.54) is 16.3 Å². The molecule has 0 radical (unpaired) electrons. The maximum atomic E-state index is 5.50. The first kappa shape index (κ1) is 11.5. The number of morpholine rings is 1. The number of rotatable bonds is 2. The molecule has 0 spiro atoms. The molecule has 2 aromatic rings. The smallest absolute Gasteiger partial charge is 0.119 e. The molecule has 1 atom stereocenters. The van der Waals surface area contributed by atoms with Crippen LogP contribution in [-0.2, 0) is 4.74 Å². The number of nitrogens with one attached hydrogen (secondary N) is 1. The minimum Gasteiger partial charge on any atom is -0.497 e. The highest BCUT2D eigenvalue weighted by Gasteiger charge is 2.15. The highest BCUT2D eigenvalue weighted by Crippen LogP contribution is 2.25. The first-order valence-electron chi connectivity index (χ1n) is 6.25. The molecule has 1 fully saturated rings. The summed E-state index contributed by atoms with van der Waals surface area (Å²) >= 11 is 0. The third-order valence-electron chi connectivity index (χ3n) is 3.40. The molecule has 1 heterocycles. The van der Waals surface area contributed by atoms with E-state index in [0.717, 1.165) is 25.5 Å². The van der Waals surface area contributed by atoms with Crippen molar-refractivity contribution in [3.05, 3.63) is 42.0 Å². The van der Waals surface area contributed by atoms with Gasteiger partial charge in [0.05, 0.1) is 26.4 Å². The predicted molar refractivity (Wildman–Crippen MR) is 72.1 cm³/mol. The van der Waals surface area contributed by atoms with Crippen molar-refractivity contribution in [3.8, 4) is 5.75 Å². The highest BCUT2D eigenvalue weighted by atomic mass is 16.5. The summed E-state index contributed by atoms with van der Waals surface area (Å²) in [5, 5.41) is 5.91. The predicted octanol–water partition coefficient (Wildman–Crippen LogP) is 2.51. The van der Waals surface area contributed by atoms with Crippen LogP contribution in [0.25, 0.3) is 10.8 Å². The summed E-state index contributed by atoms with van der Waals surface area (Å²) in [6.45, 7) is 2.48. The Bertz CT molecular complexity index is 547. The SMILES string of the molecule is COc1ccc2cc([C@@H]3COCCN3)ccc2c1. The zero-order chi connectivity index (χ0) is 12.4. The fraction of sp³-hybridized carbons (Fsp3) is 0.333. The van der Waals surface area contributed by atoms with Crippen molar-refractivity contribution in [2.75, 3.05) is 26.9 Å². The van der Waals surface area contributed by atoms with Gasteiger partial charge in [0, 0.05) is 6.54 Å². The van der Waals surface area contributed by atoms with Gasteiger partial charge in [0.1, 0.15) is 5.75 Å². The minimum absolute atomic E-state index is 0.310. The zero-order valence-corrected chi connectivity index (χ0v) is 10.5. The van der Waals surface area contributed by atoms with Crippen molar-refractivity contribution in [1.82, 2.24) is 5.32 Å². The molecule has 1 saturated heterocycles. The molecule has 0 unspecified atom stereocenters. The Balaban J connectivity index is 1.95. The number of ether oxygens (including phenoxy) is 2. The molecule has 1 N–H and O–H groups in total. The minimum atomic E-state index is 0.310. The van der Waals surface area contributed by atoms with Gasteiger partial charge >= 0.3 is 0 Å². The van der Waals surface area contributed by atoms with Gasteiger partial charge < -0.3 is 14.8 Å². The second-order valence-corrected chi connectivity index (χ2v) is 4.55. The summed E-state index contributed by atoms with van der Waals surface area (Å²) in [5.41, 5.74) is 1.28. The van der Waals surface area contributed by atoms with Crippen molar-refractivity contribution in [2.45, 2.75) is 6.04 Å². The third-order valence-corrected chi connectivity index (χ3v) is 3.40. The van der Waals surface area contributed by atoms with Gasteiger partial charge in [0.25, 0.3) is 0 Å². The summed E-state index contributed by atoms with van der Waals surface area (Å²) in [6, 6.07) is 13.0. The molecule has 0 aliphatic carbocycles. The second kappa shape index (κ2) is 4.96. The number of hydrogen-bond donors (Lipinski definition) is 1. The van der Waals surface area contributed by atoms with E-state index in [-0.39, 0.29) is 0 Å². The fourth-order valence-electron chi connectivity index (χ4n) is 2.37. The molecule has 18 heavy (non-hydrogen) atoms. The van der Waals surface area contributed by atoms with Crippen LogP contribution in [0.15, 0.2) is 36.4 Å². The molecule has 1 aliphatic rings. The van der Waals surface area contributed by atoms with E-state index >= 15 is 0 Å². The van der Waals surface area contributed by atoms with Crippen molar-refractivity contribution in [3.63, 3.8) is 0 Å². The van der Waals surface area contributed by atoms with Crippen LogP contribution >= 0.6 is 0 Å². The van der Waals surface area contributed by atoms with E-state index in [9.17, 15) is 0 Å². The zero-order valence-electron chi connectivity index (χ0n) is 10.5. The Hall–Kier alpha value is -1.58. The van der Waals surface area contributed by atoms with Gasteiger partial charge in [-0.2, -0.15) is 0 Å². The lowest BCUT2D eigenvalue weighted by molar-refractivity contribution is 0.0769. The Morgan fingerprint density at radius 2 is 2.00 bits per heavy atom. The Labute approximate surface area is 107 Å². The van der Waals surface area contributed by atoms with Crippen LogP contribution in [0.3, 0.4) is 0 Å². The monoisotopic (exact) mass is 243 g/mol. The molecule has 0 amide bonds. The molecule has 2 aromatic carbocycles. The molecule has 3 rings (SSSR count). The Morgan fingerprint density at radius 3 is 2.78 bits per heavy atom. The van der Waals surface area contributed by atoms with Crippen molar-refractivity contribution in [1.29, 1.82) is 0 Å². The van der Waals surface area contributed by atoms with Crippen LogP contribution in [0.2, 0.25) is 0 Å². The van der Waals surface area contributed by atoms with Crippen molar-refractivity contribution >= 4 is 10.8 Å². The van der Waals surface area contributed by atoms with Gasteiger partial charge in [-0.15, -0.1) is 0 Å².